The lowest BCUT2D eigenvalue weighted by atomic mass is 9.96. The lowest BCUT2D eigenvalue weighted by molar-refractivity contribution is -0.375. The van der Waals surface area contributed by atoms with Gasteiger partial charge in [-0.1, -0.05) is 0 Å². The molecule has 0 saturated carbocycles. The van der Waals surface area contributed by atoms with Crippen LogP contribution in [-0.2, 0) is 28.5 Å². The molecule has 0 aromatic carbocycles. The molecule has 0 aliphatic carbocycles. The van der Waals surface area contributed by atoms with Gasteiger partial charge in [0.05, 0.1) is 13.2 Å². The minimum Gasteiger partial charge on any atom is -0.479 e. The van der Waals surface area contributed by atoms with Crippen LogP contribution in [0.5, 0.6) is 0 Å². The van der Waals surface area contributed by atoms with Gasteiger partial charge in [-0.15, -0.1) is 0 Å². The van der Waals surface area contributed by atoms with Gasteiger partial charge in [-0.25, -0.2) is 4.79 Å². The maximum atomic E-state index is 11.5. The van der Waals surface area contributed by atoms with Gasteiger partial charge < -0.3 is 79.9 Å². The standard InChI is InChI=1S/C18H30O17/c19-1-3-5(21)6(22)10(26)17(31-3)34-12-4(2-20)32-18(11(27)8(12)24)35-13-7(23)9(25)16(30)33-14(13)15(28)29/h3-14,16-27,30H,1-2H2,(H,28,29)/t3-,4-,5-,6+,7-,8-,9-,10-,11-,12-,13+,14+,16-,17+,18+/m1/s1. The molecule has 17 nitrogen and oxygen atoms in total. The fraction of sp³-hybridized carbons (Fsp3) is 0.944. The molecule has 0 unspecified atom stereocenters. The maximum absolute atomic E-state index is 11.5. The molecule has 0 bridgehead atoms. The second kappa shape index (κ2) is 11.5. The van der Waals surface area contributed by atoms with Gasteiger partial charge in [-0.3, -0.25) is 0 Å². The van der Waals surface area contributed by atoms with Crippen LogP contribution in [0.3, 0.4) is 0 Å². The van der Waals surface area contributed by atoms with Gasteiger partial charge in [0, 0.05) is 0 Å². The molecule has 0 amide bonds. The molecule has 3 saturated heterocycles. The summed E-state index contributed by atoms with van der Waals surface area (Å²) in [7, 11) is 0. The Bertz CT molecular complexity index is 707. The summed E-state index contributed by atoms with van der Waals surface area (Å²) in [6, 6.07) is 0. The Morgan fingerprint density at radius 1 is 0.600 bits per heavy atom. The van der Waals surface area contributed by atoms with Gasteiger partial charge in [-0.2, -0.15) is 0 Å². The highest BCUT2D eigenvalue weighted by atomic mass is 16.8. The van der Waals surface area contributed by atoms with E-state index in [4.69, 9.17) is 23.7 Å². The molecule has 15 atom stereocenters. The van der Waals surface area contributed by atoms with E-state index in [-0.39, 0.29) is 0 Å². The Morgan fingerprint density at radius 2 is 1.09 bits per heavy atom. The first kappa shape index (κ1) is 28.4. The fourth-order valence-corrected chi connectivity index (χ4v) is 4.02. The summed E-state index contributed by atoms with van der Waals surface area (Å²) in [5.41, 5.74) is 0. The maximum Gasteiger partial charge on any atom is 0.335 e. The van der Waals surface area contributed by atoms with Crippen LogP contribution in [0.25, 0.3) is 0 Å². The molecule has 3 heterocycles. The molecule has 3 aliphatic rings. The van der Waals surface area contributed by atoms with Gasteiger partial charge in [0.15, 0.2) is 25.0 Å². The topological polar surface area (TPSA) is 286 Å². The number of carboxylic acid groups (broad SMARTS) is 1. The minimum absolute atomic E-state index is 0.770. The number of aliphatic hydroxyl groups is 10. The van der Waals surface area contributed by atoms with Gasteiger partial charge in [0.2, 0.25) is 0 Å². The number of hydrogen-bond acceptors (Lipinski definition) is 16. The zero-order valence-corrected chi connectivity index (χ0v) is 17.9. The minimum atomic E-state index is -2.06. The molecule has 17 heteroatoms. The van der Waals surface area contributed by atoms with Gasteiger partial charge >= 0.3 is 5.97 Å². The van der Waals surface area contributed by atoms with E-state index in [1.807, 2.05) is 0 Å². The van der Waals surface area contributed by atoms with Gasteiger partial charge in [0.25, 0.3) is 0 Å². The molecule has 3 aliphatic heterocycles. The van der Waals surface area contributed by atoms with Crippen LogP contribution in [0, 0.1) is 0 Å². The van der Waals surface area contributed by atoms with Crippen LogP contribution in [-0.4, -0.2) is 167 Å². The number of hydrogen-bond donors (Lipinski definition) is 11. The molecular weight excluding hydrogens is 488 g/mol. The first-order valence-corrected chi connectivity index (χ1v) is 10.6. The number of carboxylic acids is 1. The summed E-state index contributed by atoms with van der Waals surface area (Å²) in [6.45, 7) is -1.66. The van der Waals surface area contributed by atoms with E-state index in [2.05, 4.69) is 0 Å². The van der Waals surface area contributed by atoms with Crippen LogP contribution in [0.2, 0.25) is 0 Å². The average molecular weight is 518 g/mol. The molecule has 11 N–H and O–H groups in total. The van der Waals surface area contributed by atoms with Crippen molar-refractivity contribution in [3.63, 3.8) is 0 Å². The van der Waals surface area contributed by atoms with Crippen molar-refractivity contribution >= 4 is 5.97 Å². The lowest BCUT2D eigenvalue weighted by Gasteiger charge is -2.47. The Hall–Kier alpha value is -1.13. The van der Waals surface area contributed by atoms with E-state index < -0.39 is 111 Å². The second-order valence-corrected chi connectivity index (χ2v) is 8.37. The van der Waals surface area contributed by atoms with E-state index in [1.165, 1.54) is 0 Å². The van der Waals surface area contributed by atoms with Crippen molar-refractivity contribution in [2.24, 2.45) is 0 Å². The Labute approximate surface area is 196 Å². The molecule has 0 aromatic heterocycles. The number of carbonyl (C=O) groups is 1. The number of ether oxygens (including phenoxy) is 5. The molecule has 3 rings (SSSR count). The molecule has 35 heavy (non-hydrogen) atoms. The number of aliphatic carboxylic acids is 1. The molecule has 204 valence electrons. The monoisotopic (exact) mass is 518 g/mol. The Morgan fingerprint density at radius 3 is 1.63 bits per heavy atom. The summed E-state index contributed by atoms with van der Waals surface area (Å²) in [4.78, 5) is 11.5. The average Bonchev–Trinajstić information content (AvgIpc) is 2.83. The van der Waals surface area contributed by atoms with E-state index in [0.717, 1.165) is 0 Å². The van der Waals surface area contributed by atoms with Crippen LogP contribution >= 0.6 is 0 Å². The third kappa shape index (κ3) is 5.59. The first-order chi connectivity index (χ1) is 16.4. The summed E-state index contributed by atoms with van der Waals surface area (Å²) in [6.07, 6.45) is -27.6. The highest BCUT2D eigenvalue weighted by Gasteiger charge is 2.54. The zero-order chi connectivity index (χ0) is 26.2. The van der Waals surface area contributed by atoms with Crippen molar-refractivity contribution in [3.05, 3.63) is 0 Å². The first-order valence-electron chi connectivity index (χ1n) is 10.6. The number of aliphatic hydroxyl groups excluding tert-OH is 10. The quantitative estimate of drug-likeness (QED) is 0.149. The summed E-state index contributed by atoms with van der Waals surface area (Å²) in [5, 5.41) is 109. The normalized spacial score (nSPS) is 51.2. The molecule has 0 radical (unpaired) electrons. The lowest BCUT2D eigenvalue weighted by Crippen LogP contribution is -2.66. The molecular formula is C18H30O17. The van der Waals surface area contributed by atoms with Crippen molar-refractivity contribution < 1.29 is 84.7 Å². The summed E-state index contributed by atoms with van der Waals surface area (Å²) >= 11 is 0. The van der Waals surface area contributed by atoms with Crippen molar-refractivity contribution in [1.82, 2.24) is 0 Å². The Balaban J connectivity index is 1.74. The van der Waals surface area contributed by atoms with E-state index >= 15 is 0 Å². The third-order valence-electron chi connectivity index (χ3n) is 6.06. The van der Waals surface area contributed by atoms with Crippen molar-refractivity contribution in [2.75, 3.05) is 13.2 Å². The fourth-order valence-electron chi connectivity index (χ4n) is 4.02. The predicted molar refractivity (Wildman–Crippen MR) is 102 cm³/mol. The third-order valence-corrected chi connectivity index (χ3v) is 6.06. The van der Waals surface area contributed by atoms with Crippen molar-refractivity contribution in [1.29, 1.82) is 0 Å². The second-order valence-electron chi connectivity index (χ2n) is 8.37. The van der Waals surface area contributed by atoms with Crippen molar-refractivity contribution in [2.45, 2.75) is 92.1 Å². The van der Waals surface area contributed by atoms with Gasteiger partial charge in [-0.05, 0) is 0 Å². The number of rotatable bonds is 7. The summed E-state index contributed by atoms with van der Waals surface area (Å²) < 4.78 is 25.9. The van der Waals surface area contributed by atoms with Crippen molar-refractivity contribution in [3.8, 4) is 0 Å². The van der Waals surface area contributed by atoms with E-state index in [0.29, 0.717) is 0 Å². The molecule has 3 fully saturated rings. The van der Waals surface area contributed by atoms with Crippen LogP contribution in [0.15, 0.2) is 0 Å². The highest BCUT2D eigenvalue weighted by molar-refractivity contribution is 5.73. The van der Waals surface area contributed by atoms with Gasteiger partial charge in [0.1, 0.15) is 67.1 Å². The highest BCUT2D eigenvalue weighted by Crippen LogP contribution is 2.32. The van der Waals surface area contributed by atoms with Crippen LogP contribution < -0.4 is 0 Å². The van der Waals surface area contributed by atoms with Crippen LogP contribution in [0.1, 0.15) is 0 Å². The summed E-state index contributed by atoms with van der Waals surface area (Å²) in [5.74, 6) is -1.70. The van der Waals surface area contributed by atoms with Crippen LogP contribution in [0.4, 0.5) is 0 Å². The predicted octanol–water partition coefficient (Wildman–Crippen LogP) is -7.48. The zero-order valence-electron chi connectivity index (χ0n) is 17.9. The van der Waals surface area contributed by atoms with E-state index in [1.54, 1.807) is 0 Å². The Kier molecular flexibility index (Phi) is 9.35. The van der Waals surface area contributed by atoms with E-state index in [9.17, 15) is 61.0 Å². The molecule has 0 spiro atoms. The SMILES string of the molecule is O=C(O)[C@H]1O[C@@H](O)[C@H](O)[C@@H](O)[C@@H]1O[C@@H]1O[C@H](CO)[C@@H](O[C@@H]2O[C@H](CO)[C@@H](O)[C@H](O)[C@H]2O)[C@H](O)[C@H]1O. The molecule has 0 aromatic rings. The largest absolute Gasteiger partial charge is 0.479 e. The smallest absolute Gasteiger partial charge is 0.335 e.